The van der Waals surface area contributed by atoms with Crippen molar-refractivity contribution in [3.63, 3.8) is 0 Å². The van der Waals surface area contributed by atoms with Crippen LogP contribution in [0, 0.1) is 19.8 Å². The highest BCUT2D eigenvalue weighted by Gasteiger charge is 2.30. The lowest BCUT2D eigenvalue weighted by molar-refractivity contribution is -0.132. The van der Waals surface area contributed by atoms with Crippen LogP contribution in [-0.2, 0) is 11.2 Å². The summed E-state index contributed by atoms with van der Waals surface area (Å²) in [5.41, 5.74) is 2.64. The fraction of sp³-hybridized carbons (Fsp3) is 0.476. The summed E-state index contributed by atoms with van der Waals surface area (Å²) in [5, 5.41) is 3.95. The molecule has 0 spiro atoms. The van der Waals surface area contributed by atoms with Crippen LogP contribution in [0.25, 0.3) is 0 Å². The Morgan fingerprint density at radius 3 is 2.78 bits per heavy atom. The number of rotatable bonds is 6. The minimum atomic E-state index is -0.116. The molecule has 5 nitrogen and oxygen atoms in total. The summed E-state index contributed by atoms with van der Waals surface area (Å²) in [6, 6.07) is 7.73. The maximum Gasteiger partial charge on any atom is 0.222 e. The number of amides is 1. The molecule has 6 heteroatoms. The van der Waals surface area contributed by atoms with E-state index in [1.54, 1.807) is 11.8 Å². The van der Waals surface area contributed by atoms with Crippen molar-refractivity contribution in [2.45, 2.75) is 44.4 Å². The number of aryl methyl sites for hydroxylation is 2. The summed E-state index contributed by atoms with van der Waals surface area (Å²) in [4.78, 5) is 28.6. The number of hydrogen-bond acceptors (Lipinski definition) is 5. The van der Waals surface area contributed by atoms with E-state index in [1.807, 2.05) is 49.3 Å². The third-order valence-corrected chi connectivity index (χ3v) is 6.08. The Bertz CT molecular complexity index is 811. The fourth-order valence-electron chi connectivity index (χ4n) is 3.73. The van der Waals surface area contributed by atoms with Gasteiger partial charge in [-0.1, -0.05) is 23.4 Å². The lowest BCUT2D eigenvalue weighted by Gasteiger charge is -2.32. The van der Waals surface area contributed by atoms with Crippen LogP contribution in [0.4, 0.5) is 0 Å². The lowest BCUT2D eigenvalue weighted by atomic mass is 9.89. The first kappa shape index (κ1) is 19.7. The molecule has 0 saturated carbocycles. The van der Waals surface area contributed by atoms with Gasteiger partial charge in [-0.3, -0.25) is 9.59 Å². The topological polar surface area (TPSA) is 63.4 Å². The standard InChI is InChI=1S/C21H26N2O3S/c1-14-17(15(2)26-22-14)10-11-20(24)23-12-6-7-16(13-23)21(25)18-8-4-5-9-19(18)27-3/h4-5,8-9,16H,6-7,10-13H2,1-3H3/t16-/m0/s1. The van der Waals surface area contributed by atoms with Crippen LogP contribution in [0.1, 0.15) is 46.6 Å². The predicted molar refractivity (Wildman–Crippen MR) is 106 cm³/mol. The van der Waals surface area contributed by atoms with E-state index < -0.39 is 0 Å². The maximum atomic E-state index is 13.0. The smallest absolute Gasteiger partial charge is 0.222 e. The summed E-state index contributed by atoms with van der Waals surface area (Å²) in [6.45, 7) is 5.02. The quantitative estimate of drug-likeness (QED) is 0.553. The normalized spacial score (nSPS) is 17.1. The van der Waals surface area contributed by atoms with Gasteiger partial charge >= 0.3 is 0 Å². The number of thioether (sulfide) groups is 1. The van der Waals surface area contributed by atoms with E-state index in [2.05, 4.69) is 5.16 Å². The second-order valence-electron chi connectivity index (χ2n) is 7.05. The third-order valence-electron chi connectivity index (χ3n) is 5.29. The number of likely N-dealkylation sites (tertiary alicyclic amines) is 1. The van der Waals surface area contributed by atoms with E-state index in [9.17, 15) is 9.59 Å². The SMILES string of the molecule is CSc1ccccc1C(=O)[C@H]1CCCN(C(=O)CCc2c(C)noc2C)C1. The van der Waals surface area contributed by atoms with E-state index in [-0.39, 0.29) is 17.6 Å². The molecule has 3 rings (SSSR count). The first-order valence-electron chi connectivity index (χ1n) is 9.38. The molecule has 0 aliphatic carbocycles. The number of benzene rings is 1. The summed E-state index contributed by atoms with van der Waals surface area (Å²) in [6.07, 6.45) is 4.75. The molecule has 1 aliphatic heterocycles. The number of carbonyl (C=O) groups is 2. The molecule has 1 saturated heterocycles. The minimum absolute atomic E-state index is 0.102. The van der Waals surface area contributed by atoms with E-state index in [0.717, 1.165) is 46.9 Å². The van der Waals surface area contributed by atoms with E-state index in [4.69, 9.17) is 4.52 Å². The van der Waals surface area contributed by atoms with Gasteiger partial charge in [0.1, 0.15) is 5.76 Å². The zero-order valence-corrected chi connectivity index (χ0v) is 17.0. The van der Waals surface area contributed by atoms with Crippen molar-refractivity contribution in [1.82, 2.24) is 10.1 Å². The van der Waals surface area contributed by atoms with Crippen LogP contribution in [0.5, 0.6) is 0 Å². The van der Waals surface area contributed by atoms with Gasteiger partial charge in [0.05, 0.1) is 5.69 Å². The van der Waals surface area contributed by atoms with E-state index in [0.29, 0.717) is 19.4 Å². The van der Waals surface area contributed by atoms with Crippen LogP contribution < -0.4 is 0 Å². The van der Waals surface area contributed by atoms with Gasteiger partial charge < -0.3 is 9.42 Å². The number of aromatic nitrogens is 1. The van der Waals surface area contributed by atoms with Gasteiger partial charge in [-0.15, -0.1) is 11.8 Å². The molecule has 0 unspecified atom stereocenters. The molecule has 0 bridgehead atoms. The zero-order valence-electron chi connectivity index (χ0n) is 16.2. The predicted octanol–water partition coefficient (Wildman–Crippen LogP) is 4.07. The average Bonchev–Trinajstić information content (AvgIpc) is 3.03. The average molecular weight is 387 g/mol. The molecule has 2 heterocycles. The fourth-order valence-corrected chi connectivity index (χ4v) is 4.34. The first-order chi connectivity index (χ1) is 13.0. The molecule has 0 radical (unpaired) electrons. The van der Waals surface area contributed by atoms with Gasteiger partial charge in [0, 0.05) is 41.5 Å². The number of Topliss-reactive ketones (excluding diaryl/α,β-unsaturated/α-hetero) is 1. The summed E-state index contributed by atoms with van der Waals surface area (Å²) in [7, 11) is 0. The summed E-state index contributed by atoms with van der Waals surface area (Å²) in [5.74, 6) is 0.921. The molecule has 1 atom stereocenters. The van der Waals surface area contributed by atoms with E-state index in [1.165, 1.54) is 0 Å². The Hall–Kier alpha value is -2.08. The Labute approximate surface area is 164 Å². The molecule has 2 aromatic rings. The number of ketones is 1. The zero-order chi connectivity index (χ0) is 19.4. The molecule has 1 amide bonds. The number of carbonyl (C=O) groups excluding carboxylic acids is 2. The van der Waals surface area contributed by atoms with Crippen molar-refractivity contribution in [2.75, 3.05) is 19.3 Å². The summed E-state index contributed by atoms with van der Waals surface area (Å²) < 4.78 is 5.17. The second kappa shape index (κ2) is 8.74. The van der Waals surface area contributed by atoms with Crippen molar-refractivity contribution in [3.8, 4) is 0 Å². The molecular formula is C21H26N2O3S. The number of nitrogens with zero attached hydrogens (tertiary/aromatic N) is 2. The highest BCUT2D eigenvalue weighted by Crippen LogP contribution is 2.27. The molecule has 1 aromatic heterocycles. The Morgan fingerprint density at radius 2 is 2.07 bits per heavy atom. The summed E-state index contributed by atoms with van der Waals surface area (Å²) >= 11 is 1.59. The largest absolute Gasteiger partial charge is 0.361 e. The van der Waals surface area contributed by atoms with Crippen LogP contribution in [0.3, 0.4) is 0 Å². The molecule has 0 N–H and O–H groups in total. The molecular weight excluding hydrogens is 360 g/mol. The molecule has 144 valence electrons. The Kier molecular flexibility index (Phi) is 6.37. The third kappa shape index (κ3) is 4.43. The van der Waals surface area contributed by atoms with Crippen molar-refractivity contribution < 1.29 is 14.1 Å². The molecule has 1 aromatic carbocycles. The van der Waals surface area contributed by atoms with Crippen LogP contribution in [-0.4, -0.2) is 41.1 Å². The van der Waals surface area contributed by atoms with Crippen LogP contribution in [0.2, 0.25) is 0 Å². The van der Waals surface area contributed by atoms with Gasteiger partial charge in [0.25, 0.3) is 0 Å². The van der Waals surface area contributed by atoms with Crippen molar-refractivity contribution in [1.29, 1.82) is 0 Å². The number of piperidine rings is 1. The first-order valence-corrected chi connectivity index (χ1v) is 10.6. The van der Waals surface area contributed by atoms with Crippen LogP contribution >= 0.6 is 11.8 Å². The number of hydrogen-bond donors (Lipinski definition) is 0. The van der Waals surface area contributed by atoms with Crippen molar-refractivity contribution in [3.05, 3.63) is 46.8 Å². The lowest BCUT2D eigenvalue weighted by Crippen LogP contribution is -2.42. The highest BCUT2D eigenvalue weighted by molar-refractivity contribution is 7.98. The van der Waals surface area contributed by atoms with Gasteiger partial charge in [-0.25, -0.2) is 0 Å². The maximum absolute atomic E-state index is 13.0. The van der Waals surface area contributed by atoms with Gasteiger partial charge in [0.2, 0.25) is 5.91 Å². The molecule has 1 aliphatic rings. The Morgan fingerprint density at radius 1 is 1.30 bits per heavy atom. The minimum Gasteiger partial charge on any atom is -0.361 e. The molecule has 27 heavy (non-hydrogen) atoms. The van der Waals surface area contributed by atoms with Crippen LogP contribution in [0.15, 0.2) is 33.7 Å². The monoisotopic (exact) mass is 386 g/mol. The van der Waals surface area contributed by atoms with Gasteiger partial charge in [-0.2, -0.15) is 0 Å². The Balaban J connectivity index is 1.63. The van der Waals surface area contributed by atoms with Gasteiger partial charge in [-0.05, 0) is 45.4 Å². The van der Waals surface area contributed by atoms with Gasteiger partial charge in [0.15, 0.2) is 5.78 Å². The molecule has 1 fully saturated rings. The van der Waals surface area contributed by atoms with Crippen molar-refractivity contribution in [2.24, 2.45) is 5.92 Å². The second-order valence-corrected chi connectivity index (χ2v) is 7.89. The van der Waals surface area contributed by atoms with Crippen molar-refractivity contribution >= 4 is 23.5 Å². The van der Waals surface area contributed by atoms with E-state index >= 15 is 0 Å². The highest BCUT2D eigenvalue weighted by atomic mass is 32.2.